The lowest BCUT2D eigenvalue weighted by Gasteiger charge is -1.96. The number of imidazole rings is 1. The van der Waals surface area contributed by atoms with Crippen LogP contribution in [0.1, 0.15) is 0 Å². The molecule has 4 rings (SSSR count). The van der Waals surface area contributed by atoms with Crippen LogP contribution >= 0.6 is 0 Å². The number of hydrogen-bond acceptors (Lipinski definition) is 3. The molecule has 2 heterocycles. The van der Waals surface area contributed by atoms with Crippen LogP contribution in [0.15, 0.2) is 67.1 Å². The molecule has 4 heteroatoms. The highest BCUT2D eigenvalue weighted by molar-refractivity contribution is 5.83. The normalized spacial score (nSPS) is 10.2. The van der Waals surface area contributed by atoms with E-state index >= 15 is 0 Å². The summed E-state index contributed by atoms with van der Waals surface area (Å²) >= 11 is 0. The molecule has 0 amide bonds. The Morgan fingerprint density at radius 3 is 2.55 bits per heavy atom. The van der Waals surface area contributed by atoms with Crippen molar-refractivity contribution >= 4 is 21.9 Å². The molecule has 0 aliphatic rings. The Morgan fingerprint density at radius 2 is 1.70 bits per heavy atom. The van der Waals surface area contributed by atoms with Gasteiger partial charge in [0.1, 0.15) is 11.3 Å². The van der Waals surface area contributed by atoms with Gasteiger partial charge >= 0.3 is 0 Å². The number of pyridine rings is 1. The number of fused-ring (bicyclic) bond motifs is 2. The number of nitrogens with one attached hydrogen (secondary N) is 1. The third kappa shape index (κ3) is 2.44. The van der Waals surface area contributed by atoms with E-state index in [1.54, 1.807) is 24.7 Å². The predicted octanol–water partition coefficient (Wildman–Crippen LogP) is 3.50. The van der Waals surface area contributed by atoms with E-state index in [1.165, 1.54) is 0 Å². The van der Waals surface area contributed by atoms with Gasteiger partial charge in [-0.2, -0.15) is 0 Å². The molecule has 0 spiro atoms. The van der Waals surface area contributed by atoms with Crippen molar-refractivity contribution in [3.05, 3.63) is 67.1 Å². The first-order valence-electron chi connectivity index (χ1n) is 6.25. The molecule has 2 aromatic carbocycles. The van der Waals surface area contributed by atoms with Crippen LogP contribution < -0.4 is 0 Å². The Labute approximate surface area is 115 Å². The van der Waals surface area contributed by atoms with E-state index in [9.17, 15) is 5.11 Å². The van der Waals surface area contributed by atoms with Crippen molar-refractivity contribution < 1.29 is 5.11 Å². The number of H-pyrrole nitrogens is 1. The number of phenols is 1. The summed E-state index contributed by atoms with van der Waals surface area (Å²) < 4.78 is 0. The third-order valence-corrected chi connectivity index (χ3v) is 2.94. The fourth-order valence-corrected chi connectivity index (χ4v) is 1.97. The minimum atomic E-state index is 0.239. The lowest BCUT2D eigenvalue weighted by Crippen LogP contribution is -1.76. The van der Waals surface area contributed by atoms with Crippen LogP contribution in [0.5, 0.6) is 5.75 Å². The Hall–Kier alpha value is -2.88. The maximum Gasteiger partial charge on any atom is 0.141 e. The van der Waals surface area contributed by atoms with Gasteiger partial charge in [0.15, 0.2) is 0 Å². The fraction of sp³-hybridized carbons (Fsp3) is 0. The zero-order valence-electron chi connectivity index (χ0n) is 10.7. The van der Waals surface area contributed by atoms with Crippen molar-refractivity contribution in [2.45, 2.75) is 0 Å². The number of nitrogens with zero attached hydrogens (tertiary/aromatic N) is 2. The van der Waals surface area contributed by atoms with Crippen LogP contribution in [0.25, 0.3) is 21.9 Å². The van der Waals surface area contributed by atoms with E-state index in [0.29, 0.717) is 5.52 Å². The highest BCUT2D eigenvalue weighted by Crippen LogP contribution is 2.20. The zero-order chi connectivity index (χ0) is 13.8. The van der Waals surface area contributed by atoms with Crippen LogP contribution in [0.4, 0.5) is 0 Å². The molecule has 20 heavy (non-hydrogen) atoms. The molecule has 0 atom stereocenters. The summed E-state index contributed by atoms with van der Waals surface area (Å²) in [5.74, 6) is 0.239. The number of hydrogen-bond donors (Lipinski definition) is 2. The van der Waals surface area contributed by atoms with Crippen molar-refractivity contribution in [2.24, 2.45) is 0 Å². The van der Waals surface area contributed by atoms with E-state index in [2.05, 4.69) is 15.0 Å². The smallest absolute Gasteiger partial charge is 0.141 e. The monoisotopic (exact) mass is 263 g/mol. The topological polar surface area (TPSA) is 61.8 Å². The Bertz CT molecular complexity index is 804. The summed E-state index contributed by atoms with van der Waals surface area (Å²) in [4.78, 5) is 11.1. The molecule has 4 aromatic rings. The van der Waals surface area contributed by atoms with Gasteiger partial charge in [-0.3, -0.25) is 4.98 Å². The minimum absolute atomic E-state index is 0.239. The molecule has 4 nitrogen and oxygen atoms in total. The quantitative estimate of drug-likeness (QED) is 0.510. The zero-order valence-corrected chi connectivity index (χ0v) is 10.7. The van der Waals surface area contributed by atoms with E-state index in [1.807, 2.05) is 42.5 Å². The Balaban J connectivity index is 0.000000123. The molecule has 0 aliphatic heterocycles. The van der Waals surface area contributed by atoms with E-state index in [-0.39, 0.29) is 5.75 Å². The Kier molecular flexibility index (Phi) is 3.29. The van der Waals surface area contributed by atoms with Crippen molar-refractivity contribution in [3.8, 4) is 5.75 Å². The van der Waals surface area contributed by atoms with Gasteiger partial charge in [0.2, 0.25) is 0 Å². The summed E-state index contributed by atoms with van der Waals surface area (Å²) in [5, 5.41) is 10.3. The number of phenolic OH excluding ortho intramolecular Hbond substituents is 1. The van der Waals surface area contributed by atoms with E-state index in [0.717, 1.165) is 16.4 Å². The molecule has 0 radical (unpaired) electrons. The largest absolute Gasteiger partial charge is 0.506 e. The highest BCUT2D eigenvalue weighted by atomic mass is 16.3. The van der Waals surface area contributed by atoms with Gasteiger partial charge < -0.3 is 10.1 Å². The lowest BCUT2D eigenvalue weighted by atomic mass is 10.2. The first-order chi connectivity index (χ1) is 9.84. The van der Waals surface area contributed by atoms with Crippen molar-refractivity contribution in [1.29, 1.82) is 0 Å². The number of rotatable bonds is 0. The predicted molar refractivity (Wildman–Crippen MR) is 79.5 cm³/mol. The van der Waals surface area contributed by atoms with Crippen LogP contribution in [0.2, 0.25) is 0 Å². The summed E-state index contributed by atoms with van der Waals surface area (Å²) in [7, 11) is 0. The van der Waals surface area contributed by atoms with Crippen LogP contribution in [-0.4, -0.2) is 20.1 Å². The van der Waals surface area contributed by atoms with Crippen LogP contribution in [0, 0.1) is 0 Å². The molecule has 0 saturated carbocycles. The molecular weight excluding hydrogens is 250 g/mol. The number of aromatic hydroxyl groups is 1. The summed E-state index contributed by atoms with van der Waals surface area (Å²) in [6.45, 7) is 0. The molecule has 0 aliphatic carbocycles. The number of para-hydroxylation sites is 3. The molecule has 0 bridgehead atoms. The second kappa shape index (κ2) is 5.40. The molecule has 2 aromatic heterocycles. The average molecular weight is 263 g/mol. The first-order valence-corrected chi connectivity index (χ1v) is 6.25. The number of aromatic amines is 1. The first kappa shape index (κ1) is 12.2. The molecule has 2 N–H and O–H groups in total. The van der Waals surface area contributed by atoms with Gasteiger partial charge in [0.25, 0.3) is 0 Å². The number of benzene rings is 2. The van der Waals surface area contributed by atoms with Gasteiger partial charge in [-0.05, 0) is 24.3 Å². The van der Waals surface area contributed by atoms with Crippen LogP contribution in [-0.2, 0) is 0 Å². The fourth-order valence-electron chi connectivity index (χ4n) is 1.97. The van der Waals surface area contributed by atoms with E-state index in [4.69, 9.17) is 0 Å². The maximum atomic E-state index is 9.31. The second-order valence-corrected chi connectivity index (χ2v) is 4.27. The third-order valence-electron chi connectivity index (χ3n) is 2.94. The SMILES string of the molecule is Oc1cccc2cccnc12.c1ccc2[nH]cnc2c1. The van der Waals surface area contributed by atoms with Gasteiger partial charge in [-0.1, -0.05) is 30.3 Å². The molecule has 0 fully saturated rings. The van der Waals surface area contributed by atoms with Crippen molar-refractivity contribution in [1.82, 2.24) is 15.0 Å². The van der Waals surface area contributed by atoms with E-state index < -0.39 is 0 Å². The highest BCUT2D eigenvalue weighted by Gasteiger charge is 1.96. The van der Waals surface area contributed by atoms with Crippen LogP contribution in [0.3, 0.4) is 0 Å². The summed E-state index contributed by atoms with van der Waals surface area (Å²) in [6.07, 6.45) is 3.37. The standard InChI is InChI=1S/C9H7NO.C7H6N2/c11-8-5-1-3-7-4-2-6-10-9(7)8;1-2-4-7-6(3-1)8-5-9-7/h1-6,11H;1-5H,(H,8,9). The second-order valence-electron chi connectivity index (χ2n) is 4.27. The Morgan fingerprint density at radius 1 is 0.850 bits per heavy atom. The van der Waals surface area contributed by atoms with Gasteiger partial charge in [0.05, 0.1) is 17.4 Å². The average Bonchev–Trinajstić information content (AvgIpc) is 2.97. The van der Waals surface area contributed by atoms with Gasteiger partial charge in [-0.25, -0.2) is 4.98 Å². The van der Waals surface area contributed by atoms with Crippen molar-refractivity contribution in [2.75, 3.05) is 0 Å². The van der Waals surface area contributed by atoms with Crippen molar-refractivity contribution in [3.63, 3.8) is 0 Å². The van der Waals surface area contributed by atoms with Gasteiger partial charge in [-0.15, -0.1) is 0 Å². The molecule has 98 valence electrons. The summed E-state index contributed by atoms with van der Waals surface area (Å²) in [6, 6.07) is 17.1. The van der Waals surface area contributed by atoms with Gasteiger partial charge in [0, 0.05) is 11.6 Å². The number of aromatic nitrogens is 3. The molecule has 0 saturated heterocycles. The molecule has 0 unspecified atom stereocenters. The lowest BCUT2D eigenvalue weighted by molar-refractivity contribution is 0.480. The summed E-state index contributed by atoms with van der Waals surface area (Å²) in [5.41, 5.74) is 2.78. The maximum absolute atomic E-state index is 9.31. The minimum Gasteiger partial charge on any atom is -0.506 e. The molecular formula is C16H13N3O.